The SMILES string of the molecule is Cl.Oc1ccc(CCCCNCC(O)c2ccc(O)c(O)c2)cc1. The zero-order valence-corrected chi connectivity index (χ0v) is 14.2. The molecule has 0 heterocycles. The maximum absolute atomic E-state index is 10.0. The minimum atomic E-state index is -0.724. The van der Waals surface area contributed by atoms with E-state index in [4.69, 9.17) is 0 Å². The third-order valence-electron chi connectivity index (χ3n) is 3.73. The molecular weight excluding hydrogens is 330 g/mol. The van der Waals surface area contributed by atoms with Crippen molar-refractivity contribution < 1.29 is 20.4 Å². The number of aliphatic hydroxyl groups excluding tert-OH is 1. The van der Waals surface area contributed by atoms with Crippen molar-refractivity contribution in [1.82, 2.24) is 5.32 Å². The number of aromatic hydroxyl groups is 3. The Morgan fingerprint density at radius 3 is 2.25 bits per heavy atom. The first-order valence-corrected chi connectivity index (χ1v) is 7.75. The highest BCUT2D eigenvalue weighted by molar-refractivity contribution is 5.85. The second-order valence-corrected chi connectivity index (χ2v) is 5.59. The molecule has 2 aromatic carbocycles. The molecule has 0 aliphatic carbocycles. The maximum atomic E-state index is 10.0. The Bertz CT molecular complexity index is 619. The number of aliphatic hydroxyl groups is 1. The smallest absolute Gasteiger partial charge is 0.157 e. The summed E-state index contributed by atoms with van der Waals surface area (Å²) in [4.78, 5) is 0. The Hall–Kier alpha value is -1.95. The van der Waals surface area contributed by atoms with Gasteiger partial charge in [0, 0.05) is 6.54 Å². The summed E-state index contributed by atoms with van der Waals surface area (Å²) in [5.41, 5.74) is 1.76. The molecule has 1 atom stereocenters. The van der Waals surface area contributed by atoms with E-state index in [0.29, 0.717) is 12.1 Å². The van der Waals surface area contributed by atoms with Crippen molar-refractivity contribution in [3.63, 3.8) is 0 Å². The van der Waals surface area contributed by atoms with Crippen LogP contribution < -0.4 is 5.32 Å². The van der Waals surface area contributed by atoms with Crippen LogP contribution >= 0.6 is 12.4 Å². The van der Waals surface area contributed by atoms with Crippen molar-refractivity contribution in [3.8, 4) is 17.2 Å². The van der Waals surface area contributed by atoms with E-state index < -0.39 is 6.10 Å². The summed E-state index contributed by atoms with van der Waals surface area (Å²) in [5.74, 6) is -0.136. The van der Waals surface area contributed by atoms with Gasteiger partial charge in [-0.1, -0.05) is 18.2 Å². The number of unbranched alkanes of at least 4 members (excludes halogenated alkanes) is 1. The Morgan fingerprint density at radius 2 is 1.58 bits per heavy atom. The van der Waals surface area contributed by atoms with Gasteiger partial charge in [0.25, 0.3) is 0 Å². The summed E-state index contributed by atoms with van der Waals surface area (Å²) in [5, 5.41) is 41.1. The molecule has 2 rings (SSSR count). The van der Waals surface area contributed by atoms with Crippen molar-refractivity contribution in [2.75, 3.05) is 13.1 Å². The van der Waals surface area contributed by atoms with Crippen molar-refractivity contribution in [2.45, 2.75) is 25.4 Å². The van der Waals surface area contributed by atoms with Gasteiger partial charge >= 0.3 is 0 Å². The van der Waals surface area contributed by atoms with E-state index in [1.54, 1.807) is 18.2 Å². The van der Waals surface area contributed by atoms with Crippen molar-refractivity contribution >= 4 is 12.4 Å². The highest BCUT2D eigenvalue weighted by Crippen LogP contribution is 2.27. The lowest BCUT2D eigenvalue weighted by Gasteiger charge is -2.13. The first-order chi connectivity index (χ1) is 11.1. The van der Waals surface area contributed by atoms with Crippen LogP contribution in [0.3, 0.4) is 0 Å². The van der Waals surface area contributed by atoms with Crippen LogP contribution in [0, 0.1) is 0 Å². The zero-order chi connectivity index (χ0) is 16.7. The second-order valence-electron chi connectivity index (χ2n) is 5.59. The first kappa shape index (κ1) is 20.1. The molecule has 0 aromatic heterocycles. The van der Waals surface area contributed by atoms with E-state index in [1.165, 1.54) is 17.7 Å². The third-order valence-corrected chi connectivity index (χ3v) is 3.73. The summed E-state index contributed by atoms with van der Waals surface area (Å²) in [6.45, 7) is 1.18. The number of benzene rings is 2. The number of nitrogens with one attached hydrogen (secondary N) is 1. The van der Waals surface area contributed by atoms with Crippen molar-refractivity contribution in [2.24, 2.45) is 0 Å². The number of halogens is 1. The van der Waals surface area contributed by atoms with Crippen molar-refractivity contribution in [1.29, 1.82) is 0 Å². The number of rotatable bonds is 8. The Balaban J connectivity index is 0.00000288. The van der Waals surface area contributed by atoms with Crippen LogP contribution in [0.15, 0.2) is 42.5 Å². The van der Waals surface area contributed by atoms with Gasteiger partial charge in [-0.25, -0.2) is 0 Å². The Labute approximate surface area is 148 Å². The highest BCUT2D eigenvalue weighted by Gasteiger charge is 2.09. The molecule has 0 amide bonds. The summed E-state index contributed by atoms with van der Waals surface area (Å²) >= 11 is 0. The molecule has 0 radical (unpaired) electrons. The van der Waals surface area contributed by atoms with Gasteiger partial charge in [0.2, 0.25) is 0 Å². The van der Waals surface area contributed by atoms with E-state index in [2.05, 4.69) is 5.32 Å². The van der Waals surface area contributed by atoms with Gasteiger partial charge in [-0.2, -0.15) is 0 Å². The number of aryl methyl sites for hydroxylation is 1. The van der Waals surface area contributed by atoms with E-state index in [0.717, 1.165) is 25.8 Å². The molecule has 0 aliphatic rings. The van der Waals surface area contributed by atoms with Crippen LogP contribution in [0.4, 0.5) is 0 Å². The monoisotopic (exact) mass is 353 g/mol. The van der Waals surface area contributed by atoms with Gasteiger partial charge in [0.15, 0.2) is 11.5 Å². The number of hydrogen-bond donors (Lipinski definition) is 5. The molecular formula is C18H24ClNO4. The van der Waals surface area contributed by atoms with Crippen LogP contribution in [0.5, 0.6) is 17.2 Å². The van der Waals surface area contributed by atoms with E-state index >= 15 is 0 Å². The molecule has 2 aromatic rings. The molecule has 0 saturated heterocycles. The predicted octanol–water partition coefficient (Wildman–Crippen LogP) is 2.87. The van der Waals surface area contributed by atoms with Gasteiger partial charge < -0.3 is 25.7 Å². The number of phenols is 3. The number of phenolic OH excluding ortho intramolecular Hbond substituents is 3. The molecule has 0 saturated carbocycles. The standard InChI is InChI=1S/C18H23NO4.ClH/c20-15-7-4-13(5-8-15)3-1-2-10-19-12-18(23)14-6-9-16(21)17(22)11-14;/h4-9,11,18-23H,1-3,10,12H2;1H. The lowest BCUT2D eigenvalue weighted by atomic mass is 10.1. The Morgan fingerprint density at radius 1 is 0.875 bits per heavy atom. The van der Waals surface area contributed by atoms with E-state index in [9.17, 15) is 20.4 Å². The first-order valence-electron chi connectivity index (χ1n) is 7.75. The largest absolute Gasteiger partial charge is 0.508 e. The molecule has 0 aliphatic heterocycles. The number of hydrogen-bond acceptors (Lipinski definition) is 5. The zero-order valence-electron chi connectivity index (χ0n) is 13.4. The van der Waals surface area contributed by atoms with E-state index in [1.807, 2.05) is 12.1 Å². The third kappa shape index (κ3) is 6.28. The topological polar surface area (TPSA) is 93.0 Å². The molecule has 0 spiro atoms. The van der Waals surface area contributed by atoms with Crippen LogP contribution in [0.2, 0.25) is 0 Å². The summed E-state index contributed by atoms with van der Waals surface area (Å²) in [6.07, 6.45) is 2.23. The highest BCUT2D eigenvalue weighted by atomic mass is 35.5. The fourth-order valence-corrected chi connectivity index (χ4v) is 2.35. The minimum Gasteiger partial charge on any atom is -0.508 e. The minimum absolute atomic E-state index is 0. The van der Waals surface area contributed by atoms with Crippen LogP contribution in [0.25, 0.3) is 0 Å². The van der Waals surface area contributed by atoms with E-state index in [-0.39, 0.29) is 29.7 Å². The maximum Gasteiger partial charge on any atom is 0.157 e. The molecule has 0 bridgehead atoms. The summed E-state index contributed by atoms with van der Waals surface area (Å²) in [7, 11) is 0. The summed E-state index contributed by atoms with van der Waals surface area (Å²) < 4.78 is 0. The molecule has 1 unspecified atom stereocenters. The molecule has 24 heavy (non-hydrogen) atoms. The Kier molecular flexibility index (Phi) is 8.40. The van der Waals surface area contributed by atoms with Gasteiger partial charge in [-0.15, -0.1) is 12.4 Å². The molecule has 0 fully saturated rings. The van der Waals surface area contributed by atoms with Crippen LogP contribution in [-0.2, 0) is 6.42 Å². The van der Waals surface area contributed by atoms with Crippen molar-refractivity contribution in [3.05, 3.63) is 53.6 Å². The molecule has 132 valence electrons. The van der Waals surface area contributed by atoms with Crippen LogP contribution in [0.1, 0.15) is 30.1 Å². The van der Waals surface area contributed by atoms with Gasteiger partial charge in [-0.3, -0.25) is 0 Å². The normalized spacial score (nSPS) is 11.7. The van der Waals surface area contributed by atoms with Gasteiger partial charge in [0.05, 0.1) is 6.10 Å². The lowest BCUT2D eigenvalue weighted by molar-refractivity contribution is 0.174. The van der Waals surface area contributed by atoms with Gasteiger partial charge in [-0.05, 0) is 61.2 Å². The van der Waals surface area contributed by atoms with Crippen LogP contribution in [-0.4, -0.2) is 33.5 Å². The predicted molar refractivity (Wildman–Crippen MR) is 95.9 cm³/mol. The van der Waals surface area contributed by atoms with Gasteiger partial charge in [0.1, 0.15) is 5.75 Å². The quantitative estimate of drug-likeness (QED) is 0.372. The average Bonchev–Trinajstić information content (AvgIpc) is 2.54. The lowest BCUT2D eigenvalue weighted by Crippen LogP contribution is -2.22. The average molecular weight is 354 g/mol. The molecule has 5 N–H and O–H groups in total. The molecule has 6 heteroatoms. The molecule has 5 nitrogen and oxygen atoms in total. The summed E-state index contributed by atoms with van der Waals surface area (Å²) in [6, 6.07) is 11.5. The fraction of sp³-hybridized carbons (Fsp3) is 0.333. The second kappa shape index (κ2) is 10.0. The fourth-order valence-electron chi connectivity index (χ4n) is 2.35.